The van der Waals surface area contributed by atoms with Crippen LogP contribution in [-0.4, -0.2) is 6.61 Å². The summed E-state index contributed by atoms with van der Waals surface area (Å²) in [6.07, 6.45) is 46.9. The highest BCUT2D eigenvalue weighted by Crippen LogP contribution is 2.50. The highest BCUT2D eigenvalue weighted by molar-refractivity contribution is 7.58. The van der Waals surface area contributed by atoms with Crippen molar-refractivity contribution < 1.29 is 32.6 Å². The first kappa shape index (κ1) is 61.4. The molecule has 0 bridgehead atoms. The summed E-state index contributed by atoms with van der Waals surface area (Å²) < 4.78 is 29.7. The Morgan fingerprint density at radius 2 is 0.516 bits per heavy atom. The van der Waals surface area contributed by atoms with Crippen molar-refractivity contribution >= 4 is 15.6 Å². The van der Waals surface area contributed by atoms with E-state index in [0.29, 0.717) is 6.42 Å². The van der Waals surface area contributed by atoms with E-state index in [9.17, 15) is 23.8 Å². The molecule has 0 fully saturated rings. The van der Waals surface area contributed by atoms with Crippen molar-refractivity contribution in [3.63, 3.8) is 0 Å². The van der Waals surface area contributed by atoms with Gasteiger partial charge in [-0.1, -0.05) is 128 Å². The van der Waals surface area contributed by atoms with Gasteiger partial charge in [-0.25, -0.2) is 0 Å². The molecule has 0 amide bonds. The zero-order valence-corrected chi connectivity index (χ0v) is 44.2. The molecule has 9 heteroatoms. The van der Waals surface area contributed by atoms with Gasteiger partial charge in [0.05, 0.1) is 14.4 Å². The highest BCUT2D eigenvalue weighted by Gasteiger charge is 2.10. The molecule has 0 heterocycles. The van der Waals surface area contributed by atoms with Crippen LogP contribution < -0.4 is 14.7 Å². The van der Waals surface area contributed by atoms with E-state index in [2.05, 4.69) is 146 Å². The van der Waals surface area contributed by atoms with Crippen molar-refractivity contribution in [3.8, 4) is 0 Å². The van der Waals surface area contributed by atoms with Crippen LogP contribution in [0.1, 0.15) is 212 Å². The Kier molecular flexibility index (Phi) is 35.0. The Labute approximate surface area is 393 Å². The van der Waals surface area contributed by atoms with Gasteiger partial charge in [0.25, 0.3) is 7.82 Å². The predicted octanol–water partition coefficient (Wildman–Crippen LogP) is 16.5. The van der Waals surface area contributed by atoms with Gasteiger partial charge in [0.15, 0.2) is 0 Å². The topological polar surface area (TPSA) is 122 Å². The Balaban J connectivity index is 4.31. The molecule has 0 radical (unpaired) electrons. The van der Waals surface area contributed by atoms with Gasteiger partial charge >= 0.3 is 0 Å². The van der Waals surface area contributed by atoms with Gasteiger partial charge in [-0.3, -0.25) is 8.88 Å². The lowest BCUT2D eigenvalue weighted by Gasteiger charge is -2.34. The summed E-state index contributed by atoms with van der Waals surface area (Å²) in [7, 11) is -10.9. The molecule has 364 valence electrons. The molecule has 0 spiro atoms. The first-order valence-electron chi connectivity index (χ1n) is 24.0. The van der Waals surface area contributed by atoms with E-state index in [1.54, 1.807) is 0 Å². The summed E-state index contributed by atoms with van der Waals surface area (Å²) in [6.45, 7) is 26.0. The zero-order chi connectivity index (χ0) is 48.4. The lowest BCUT2D eigenvalue weighted by molar-refractivity contribution is -0.339. The maximum absolute atomic E-state index is 11.3. The third-order valence-electron chi connectivity index (χ3n) is 11.2. The number of phosphoric ester groups is 1. The standard InChI is InChI=1S/C55H92O7P2/c1-45(2)23-13-24-46(3)25-14-26-47(4)27-15-28-48(5)29-16-30-49(6)31-17-32-50(7)33-18-34-51(8)35-19-36-52(9)37-20-38-53(10)39-21-40-54(11)41-22-42-55(12)43-44-61-64(59,60)62-63(56,57)58/h23,25,27,29,31,33,35,37,39,41,43H,13-22,24,26,28,30,32,34,36,38,40,42,44H2,1-12H3,(H,59,60)(H2,56,57,58)/p-3/b46-25+,47-27-,48-29-,49-31-,50-33-,51-35-,52-37-,53-39-,54-41-,55-43-. The number of phosphoric acid groups is 2. The van der Waals surface area contributed by atoms with Crippen molar-refractivity contribution in [1.82, 2.24) is 0 Å². The van der Waals surface area contributed by atoms with Crippen molar-refractivity contribution in [2.75, 3.05) is 6.61 Å². The molecular formula is C55H89O7P2-3. The Morgan fingerprint density at radius 3 is 0.703 bits per heavy atom. The minimum Gasteiger partial charge on any atom is -0.790 e. The minimum absolute atomic E-state index is 0.392. The highest BCUT2D eigenvalue weighted by atomic mass is 31.3. The van der Waals surface area contributed by atoms with E-state index in [1.807, 2.05) is 6.92 Å². The molecule has 0 N–H and O–H groups in total. The molecule has 0 saturated carbocycles. The monoisotopic (exact) mass is 924 g/mol. The zero-order valence-electron chi connectivity index (χ0n) is 42.5. The molecule has 0 aromatic rings. The fraction of sp³-hybridized carbons (Fsp3) is 0.600. The SMILES string of the molecule is CC(C)=CCC/C(C)=C/CC/C(C)=C\CC/C(C)=C\CC/C(C)=C\CC/C(C)=C\CC/C(C)=C\CC/C(C)=C\CC/C(C)=C\CC/C(C)=C\CC/C(C)=C\COP(=O)([O-])OP(=O)([O-])[O-]. The number of rotatable bonds is 35. The van der Waals surface area contributed by atoms with E-state index in [1.165, 1.54) is 74.6 Å². The van der Waals surface area contributed by atoms with Crippen LogP contribution in [-0.2, 0) is 18.0 Å². The maximum atomic E-state index is 11.3. The van der Waals surface area contributed by atoms with E-state index in [4.69, 9.17) is 0 Å². The lowest BCUT2D eigenvalue weighted by atomic mass is 10.0. The van der Waals surface area contributed by atoms with Crippen molar-refractivity contribution in [2.45, 2.75) is 212 Å². The molecule has 0 aliphatic heterocycles. The van der Waals surface area contributed by atoms with Gasteiger partial charge < -0.3 is 23.8 Å². The molecule has 7 nitrogen and oxygen atoms in total. The average Bonchev–Trinajstić information content (AvgIpc) is 3.16. The second-order valence-corrected chi connectivity index (χ2v) is 21.1. The molecule has 0 aromatic carbocycles. The summed E-state index contributed by atoms with van der Waals surface area (Å²) >= 11 is 0. The summed E-state index contributed by atoms with van der Waals surface area (Å²) in [5.41, 5.74) is 15.5. The van der Waals surface area contributed by atoms with E-state index in [0.717, 1.165) is 115 Å². The van der Waals surface area contributed by atoms with Crippen LogP contribution in [0.5, 0.6) is 0 Å². The normalized spacial score (nSPS) is 15.9. The number of allylic oxidation sites excluding steroid dienone is 21. The molecule has 0 rings (SSSR count). The van der Waals surface area contributed by atoms with Gasteiger partial charge in [-0.15, -0.1) is 0 Å². The van der Waals surface area contributed by atoms with Crippen LogP contribution in [0.25, 0.3) is 0 Å². The van der Waals surface area contributed by atoms with Gasteiger partial charge in [0.1, 0.15) is 0 Å². The Morgan fingerprint density at radius 1 is 0.328 bits per heavy atom. The second kappa shape index (κ2) is 36.5. The summed E-state index contributed by atoms with van der Waals surface area (Å²) in [5, 5.41) is 0. The van der Waals surface area contributed by atoms with Crippen molar-refractivity contribution in [1.29, 1.82) is 0 Å². The second-order valence-electron chi connectivity index (χ2n) is 18.4. The third-order valence-corrected chi connectivity index (χ3v) is 13.3. The number of hydrogen-bond donors (Lipinski definition) is 0. The maximum Gasteiger partial charge on any atom is 0.272 e. The van der Waals surface area contributed by atoms with Crippen LogP contribution in [0.3, 0.4) is 0 Å². The fourth-order valence-electron chi connectivity index (χ4n) is 6.94. The lowest BCUT2D eigenvalue weighted by Crippen LogP contribution is -2.19. The molecule has 0 aliphatic rings. The van der Waals surface area contributed by atoms with Gasteiger partial charge in [0, 0.05) is 0 Å². The first-order chi connectivity index (χ1) is 30.1. The Bertz CT molecular complexity index is 1800. The molecule has 64 heavy (non-hydrogen) atoms. The van der Waals surface area contributed by atoms with Gasteiger partial charge in [0.2, 0.25) is 0 Å². The van der Waals surface area contributed by atoms with Crippen LogP contribution in [0.15, 0.2) is 128 Å². The minimum atomic E-state index is -5.67. The van der Waals surface area contributed by atoms with Gasteiger partial charge in [-0.2, -0.15) is 0 Å². The van der Waals surface area contributed by atoms with E-state index >= 15 is 0 Å². The van der Waals surface area contributed by atoms with E-state index in [-0.39, 0.29) is 0 Å². The molecular weight excluding hydrogens is 835 g/mol. The smallest absolute Gasteiger partial charge is 0.272 e. The fourth-order valence-corrected chi connectivity index (χ4v) is 8.37. The molecule has 0 aromatic heterocycles. The summed E-state index contributed by atoms with van der Waals surface area (Å²) in [5.74, 6) is 0. The molecule has 0 aliphatic carbocycles. The van der Waals surface area contributed by atoms with Crippen LogP contribution >= 0.6 is 15.6 Å². The molecule has 1 atom stereocenters. The average molecular weight is 924 g/mol. The van der Waals surface area contributed by atoms with E-state index < -0.39 is 22.3 Å². The summed E-state index contributed by atoms with van der Waals surface area (Å²) in [6, 6.07) is 0. The number of hydrogen-bond acceptors (Lipinski definition) is 7. The van der Waals surface area contributed by atoms with Crippen LogP contribution in [0.4, 0.5) is 0 Å². The predicted molar refractivity (Wildman–Crippen MR) is 272 cm³/mol. The quantitative estimate of drug-likeness (QED) is 0.0458. The molecule has 0 saturated heterocycles. The van der Waals surface area contributed by atoms with Crippen LogP contribution in [0, 0.1) is 0 Å². The van der Waals surface area contributed by atoms with Crippen molar-refractivity contribution in [3.05, 3.63) is 128 Å². The van der Waals surface area contributed by atoms with Gasteiger partial charge in [-0.05, 0) is 212 Å². The summed E-state index contributed by atoms with van der Waals surface area (Å²) in [4.78, 5) is 32.3. The largest absolute Gasteiger partial charge is 0.790 e. The first-order valence-corrected chi connectivity index (χ1v) is 26.9. The third kappa shape index (κ3) is 40.9. The molecule has 1 unspecified atom stereocenters. The Hall–Kier alpha value is -2.60. The van der Waals surface area contributed by atoms with Crippen molar-refractivity contribution in [2.24, 2.45) is 0 Å². The van der Waals surface area contributed by atoms with Crippen LogP contribution in [0.2, 0.25) is 0 Å².